The lowest BCUT2D eigenvalue weighted by Gasteiger charge is -2.25. The van der Waals surface area contributed by atoms with E-state index in [0.717, 1.165) is 44.7 Å². The molecule has 44 heavy (non-hydrogen) atoms. The maximum atomic E-state index is 13.1. The van der Waals surface area contributed by atoms with Crippen molar-refractivity contribution < 1.29 is 38.1 Å². The van der Waals surface area contributed by atoms with Gasteiger partial charge in [-0.25, -0.2) is 9.55 Å². The number of nitrogens with zero attached hydrogens (tertiary/aromatic N) is 2. The fraction of sp³-hybridized carbons (Fsp3) is 0.552. The molecule has 2 rings (SSSR count). The van der Waals surface area contributed by atoms with Gasteiger partial charge in [-0.15, -0.1) is 0 Å². The molecule has 15 heteroatoms. The minimum Gasteiger partial charge on any atom is -0.368 e. The molecule has 7 N–H and O–H groups in total. The van der Waals surface area contributed by atoms with Crippen LogP contribution in [0, 0.1) is 0 Å². The van der Waals surface area contributed by atoms with E-state index in [1.807, 2.05) is 10.6 Å². The predicted octanol–water partition coefficient (Wildman–Crippen LogP) is 1.49. The molecule has 1 heterocycles. The monoisotopic (exact) mass is 636 g/mol. The van der Waals surface area contributed by atoms with Gasteiger partial charge in [0.2, 0.25) is 23.6 Å². The van der Waals surface area contributed by atoms with Gasteiger partial charge in [-0.2, -0.15) is 0 Å². The van der Waals surface area contributed by atoms with Crippen molar-refractivity contribution in [3.05, 3.63) is 54.1 Å². The molecular formula is C29H45N6O8P. The van der Waals surface area contributed by atoms with E-state index in [0.29, 0.717) is 6.54 Å². The minimum atomic E-state index is -4.97. The lowest BCUT2D eigenvalue weighted by atomic mass is 10.0. The number of carbonyl (C=O) groups is 4. The van der Waals surface area contributed by atoms with Crippen molar-refractivity contribution in [2.24, 2.45) is 5.73 Å². The summed E-state index contributed by atoms with van der Waals surface area (Å²) in [7, 11) is -4.97. The first kappa shape index (κ1) is 36.6. The summed E-state index contributed by atoms with van der Waals surface area (Å²) in [5.41, 5.74) is 7.36. The Balaban J connectivity index is 1.86. The number of phosphoric ester groups is 1. The van der Waals surface area contributed by atoms with Gasteiger partial charge >= 0.3 is 7.82 Å². The van der Waals surface area contributed by atoms with Gasteiger partial charge in [0.15, 0.2) is 0 Å². The largest absolute Gasteiger partial charge is 0.469 e. The summed E-state index contributed by atoms with van der Waals surface area (Å²) < 4.78 is 17.5. The summed E-state index contributed by atoms with van der Waals surface area (Å²) in [5.74, 6) is -3.04. The summed E-state index contributed by atoms with van der Waals surface area (Å²) in [5, 5.41) is 7.32. The van der Waals surface area contributed by atoms with Gasteiger partial charge in [0.25, 0.3) is 0 Å². The molecule has 0 spiro atoms. The van der Waals surface area contributed by atoms with Crippen LogP contribution in [0.5, 0.6) is 0 Å². The minimum absolute atomic E-state index is 0.121. The van der Waals surface area contributed by atoms with Crippen LogP contribution in [0.4, 0.5) is 0 Å². The number of amides is 4. The Hall–Kier alpha value is -3.58. The molecule has 0 fully saturated rings. The first-order valence-electron chi connectivity index (χ1n) is 14.7. The average Bonchev–Trinajstić information content (AvgIpc) is 3.38. The lowest BCUT2D eigenvalue weighted by Crippen LogP contribution is -2.58. The zero-order valence-corrected chi connectivity index (χ0v) is 26.4. The van der Waals surface area contributed by atoms with Crippen molar-refractivity contribution in [3.8, 4) is 0 Å². The standard InChI is InChI=1S/C29H45N6O8P/c1-20(28(38)34-26(27(30)37)21(2)43-44(40,41)42)32-29(39)25(33-22(3)36)17-24-18-31-19-35(24)16-12-7-5-4-6-9-13-23-14-10-8-11-15-23/h8,10-11,14-15,18-21,25-26H,4-7,9,12-13,16-17H2,1-3H3,(H2,30,37)(H,32,39)(H,33,36)(H,34,38)(H2,40,41,42)/t20-,21+,25-,26-/m0/s1. The van der Waals surface area contributed by atoms with E-state index in [4.69, 9.17) is 15.5 Å². The Morgan fingerprint density at radius 1 is 0.955 bits per heavy atom. The molecule has 0 aliphatic carbocycles. The van der Waals surface area contributed by atoms with Crippen molar-refractivity contribution in [3.63, 3.8) is 0 Å². The molecule has 0 unspecified atom stereocenters. The van der Waals surface area contributed by atoms with Gasteiger partial charge in [-0.3, -0.25) is 23.7 Å². The van der Waals surface area contributed by atoms with Crippen LogP contribution >= 0.6 is 7.82 Å². The Labute approximate surface area is 257 Å². The Kier molecular flexibility index (Phi) is 15.2. The van der Waals surface area contributed by atoms with Gasteiger partial charge in [-0.1, -0.05) is 56.0 Å². The molecule has 0 saturated heterocycles. The second-order valence-electron chi connectivity index (χ2n) is 10.8. The Morgan fingerprint density at radius 2 is 1.59 bits per heavy atom. The maximum absolute atomic E-state index is 13.1. The number of aromatic nitrogens is 2. The summed E-state index contributed by atoms with van der Waals surface area (Å²) in [6, 6.07) is 6.66. The van der Waals surface area contributed by atoms with Crippen molar-refractivity contribution >= 4 is 31.5 Å². The highest BCUT2D eigenvalue weighted by molar-refractivity contribution is 7.46. The van der Waals surface area contributed by atoms with Crippen LogP contribution in [0.15, 0.2) is 42.9 Å². The van der Waals surface area contributed by atoms with Gasteiger partial charge in [0, 0.05) is 31.8 Å². The van der Waals surface area contributed by atoms with E-state index >= 15 is 0 Å². The number of nitrogens with two attached hydrogens (primary N) is 1. The van der Waals surface area contributed by atoms with Crippen LogP contribution in [0.1, 0.15) is 70.6 Å². The smallest absolute Gasteiger partial charge is 0.368 e. The number of rotatable bonds is 20. The van der Waals surface area contributed by atoms with Crippen LogP contribution in [0.25, 0.3) is 0 Å². The molecule has 0 bridgehead atoms. The van der Waals surface area contributed by atoms with Crippen LogP contribution in [0.3, 0.4) is 0 Å². The Morgan fingerprint density at radius 3 is 2.20 bits per heavy atom. The van der Waals surface area contributed by atoms with E-state index in [-0.39, 0.29) is 6.42 Å². The highest BCUT2D eigenvalue weighted by Gasteiger charge is 2.33. The van der Waals surface area contributed by atoms with E-state index < -0.39 is 55.7 Å². The number of carbonyl (C=O) groups excluding carboxylic acids is 4. The molecule has 4 amide bonds. The van der Waals surface area contributed by atoms with Crippen LogP contribution in [-0.4, -0.2) is 67.2 Å². The number of hydrogen-bond acceptors (Lipinski definition) is 7. The number of hydrogen-bond donors (Lipinski definition) is 6. The number of phosphoric acid groups is 1. The molecule has 14 nitrogen and oxygen atoms in total. The first-order valence-corrected chi connectivity index (χ1v) is 16.2. The van der Waals surface area contributed by atoms with Crippen LogP contribution in [0.2, 0.25) is 0 Å². The first-order chi connectivity index (χ1) is 20.8. The summed E-state index contributed by atoms with van der Waals surface area (Å²) >= 11 is 0. The zero-order chi connectivity index (χ0) is 32.7. The SMILES string of the molecule is CC(=O)N[C@@H](Cc1cncn1CCCCCCCCc1ccccc1)C(=O)N[C@@H](C)C(=O)N[C@H](C(N)=O)[C@@H](C)OP(=O)(O)O. The fourth-order valence-electron chi connectivity index (χ4n) is 4.70. The predicted molar refractivity (Wildman–Crippen MR) is 163 cm³/mol. The molecule has 244 valence electrons. The molecule has 1 aromatic heterocycles. The van der Waals surface area contributed by atoms with Gasteiger partial charge in [0.1, 0.15) is 18.1 Å². The van der Waals surface area contributed by atoms with Gasteiger partial charge in [0.05, 0.1) is 12.4 Å². The van der Waals surface area contributed by atoms with Crippen molar-refractivity contribution in [2.75, 3.05) is 0 Å². The summed E-state index contributed by atoms with van der Waals surface area (Å²) in [4.78, 5) is 71.6. The summed E-state index contributed by atoms with van der Waals surface area (Å²) in [6.07, 6.45) is 9.68. The van der Waals surface area contributed by atoms with Crippen LogP contribution < -0.4 is 21.7 Å². The van der Waals surface area contributed by atoms with Crippen LogP contribution in [-0.2, 0) is 47.7 Å². The third-order valence-corrected chi connectivity index (χ3v) is 7.60. The van der Waals surface area contributed by atoms with Crippen molar-refractivity contribution in [1.82, 2.24) is 25.5 Å². The van der Waals surface area contributed by atoms with Gasteiger partial charge < -0.3 is 36.0 Å². The quantitative estimate of drug-likeness (QED) is 0.0916. The lowest BCUT2D eigenvalue weighted by molar-refractivity contribution is -0.133. The molecule has 4 atom stereocenters. The van der Waals surface area contributed by atoms with Crippen molar-refractivity contribution in [2.45, 2.75) is 103 Å². The molecule has 0 aliphatic rings. The maximum Gasteiger partial charge on any atom is 0.469 e. The van der Waals surface area contributed by atoms with Crippen molar-refractivity contribution in [1.29, 1.82) is 0 Å². The fourth-order valence-corrected chi connectivity index (χ4v) is 5.26. The van der Waals surface area contributed by atoms with E-state index in [2.05, 4.69) is 49.7 Å². The third-order valence-electron chi connectivity index (χ3n) is 6.99. The van der Waals surface area contributed by atoms with E-state index in [1.165, 1.54) is 32.3 Å². The molecule has 0 radical (unpaired) electrons. The second-order valence-corrected chi connectivity index (χ2v) is 12.0. The van der Waals surface area contributed by atoms with E-state index in [1.54, 1.807) is 12.5 Å². The molecule has 1 aromatic carbocycles. The number of imidazole rings is 1. The highest BCUT2D eigenvalue weighted by atomic mass is 31.2. The zero-order valence-electron chi connectivity index (χ0n) is 25.5. The number of primary amides is 1. The number of nitrogens with one attached hydrogen (secondary N) is 3. The second kappa shape index (κ2) is 18.3. The van der Waals surface area contributed by atoms with E-state index in [9.17, 15) is 23.7 Å². The molecule has 2 aromatic rings. The molecule has 0 saturated carbocycles. The topological polar surface area (TPSA) is 215 Å². The number of aryl methyl sites for hydroxylation is 2. The summed E-state index contributed by atoms with van der Waals surface area (Å²) in [6.45, 7) is 4.47. The molecular weight excluding hydrogens is 591 g/mol. The van der Waals surface area contributed by atoms with Gasteiger partial charge in [-0.05, 0) is 38.7 Å². The average molecular weight is 637 g/mol. The third kappa shape index (κ3) is 13.8. The molecule has 0 aliphatic heterocycles. The normalized spacial score (nSPS) is 14.2. The highest BCUT2D eigenvalue weighted by Crippen LogP contribution is 2.38. The number of benzene rings is 1. The Bertz CT molecular complexity index is 1270. The number of unbranched alkanes of at least 4 members (excludes halogenated alkanes) is 5.